The molecular weight excluding hydrogens is 324 g/mol. The summed E-state index contributed by atoms with van der Waals surface area (Å²) >= 11 is 1.57. The Hall–Kier alpha value is -3.06. The Morgan fingerprint density at radius 3 is 2.79 bits per heavy atom. The first-order chi connectivity index (χ1) is 11.6. The molecule has 118 valence electrons. The second-order valence-electron chi connectivity index (χ2n) is 5.28. The molecular formula is C17H12N4O2S. The second-order valence-corrected chi connectivity index (χ2v) is 6.31. The van der Waals surface area contributed by atoms with E-state index in [1.807, 2.05) is 42.1 Å². The van der Waals surface area contributed by atoms with E-state index in [-0.39, 0.29) is 5.56 Å². The van der Waals surface area contributed by atoms with Gasteiger partial charge >= 0.3 is 5.97 Å². The average molecular weight is 336 g/mol. The number of hydrogen-bond donors (Lipinski definition) is 1. The van der Waals surface area contributed by atoms with Crippen molar-refractivity contribution < 1.29 is 9.90 Å². The Labute approximate surface area is 141 Å². The fourth-order valence-electron chi connectivity index (χ4n) is 2.48. The predicted octanol–water partition coefficient (Wildman–Crippen LogP) is 3.46. The molecule has 0 radical (unpaired) electrons. The van der Waals surface area contributed by atoms with Gasteiger partial charge in [-0.05, 0) is 24.3 Å². The van der Waals surface area contributed by atoms with Gasteiger partial charge < -0.3 is 9.67 Å². The number of rotatable bonds is 3. The van der Waals surface area contributed by atoms with Crippen LogP contribution in [0, 0.1) is 0 Å². The minimum Gasteiger partial charge on any atom is -0.478 e. The molecule has 0 amide bonds. The largest absolute Gasteiger partial charge is 0.478 e. The summed E-state index contributed by atoms with van der Waals surface area (Å²) in [5.41, 5.74) is 2.39. The number of aromatic nitrogens is 4. The van der Waals surface area contributed by atoms with Crippen molar-refractivity contribution in [2.45, 2.75) is 0 Å². The number of benzene rings is 1. The fraction of sp³-hybridized carbons (Fsp3) is 0.0588. The summed E-state index contributed by atoms with van der Waals surface area (Å²) in [4.78, 5) is 24.6. The highest BCUT2D eigenvalue weighted by molar-refractivity contribution is 7.21. The van der Waals surface area contributed by atoms with Crippen LogP contribution in [0.1, 0.15) is 10.4 Å². The number of hydrogen-bond acceptors (Lipinski definition) is 5. The maximum absolute atomic E-state index is 11.1. The highest BCUT2D eigenvalue weighted by atomic mass is 32.1. The van der Waals surface area contributed by atoms with Gasteiger partial charge in [-0.2, -0.15) is 0 Å². The molecule has 0 atom stereocenters. The van der Waals surface area contributed by atoms with E-state index < -0.39 is 5.97 Å². The van der Waals surface area contributed by atoms with Crippen LogP contribution < -0.4 is 0 Å². The zero-order chi connectivity index (χ0) is 16.7. The van der Waals surface area contributed by atoms with Gasteiger partial charge in [-0.15, -0.1) is 11.3 Å². The van der Waals surface area contributed by atoms with Crippen LogP contribution in [0.2, 0.25) is 0 Å². The van der Waals surface area contributed by atoms with Crippen LogP contribution in [0.5, 0.6) is 0 Å². The molecule has 1 aromatic carbocycles. The summed E-state index contributed by atoms with van der Waals surface area (Å²) < 4.78 is 2.93. The topological polar surface area (TPSA) is 80.9 Å². The Morgan fingerprint density at radius 2 is 2.00 bits per heavy atom. The second kappa shape index (κ2) is 5.54. The Kier molecular flexibility index (Phi) is 3.35. The number of carboxylic acid groups (broad SMARTS) is 1. The smallest absolute Gasteiger partial charge is 0.335 e. The minimum absolute atomic E-state index is 0.185. The van der Waals surface area contributed by atoms with Gasteiger partial charge in [0.25, 0.3) is 0 Å². The lowest BCUT2D eigenvalue weighted by molar-refractivity contribution is 0.0697. The first-order valence-electron chi connectivity index (χ1n) is 7.21. The zero-order valence-electron chi connectivity index (χ0n) is 12.7. The number of para-hydroxylation sites is 1. The standard InChI is InChI=1S/C17H12N4O2S/c1-21-9-13(16-20-11-4-2-3-5-14(11)24-16)19-15(21)12-8-10(17(22)23)6-7-18-12/h2-9H,1H3,(H,22,23). The molecule has 0 aliphatic carbocycles. The molecule has 0 saturated carbocycles. The molecule has 0 aliphatic heterocycles. The highest BCUT2D eigenvalue weighted by Gasteiger charge is 2.15. The number of nitrogens with zero attached hydrogens (tertiary/aromatic N) is 4. The maximum Gasteiger partial charge on any atom is 0.335 e. The van der Waals surface area contributed by atoms with E-state index in [1.54, 1.807) is 11.3 Å². The summed E-state index contributed by atoms with van der Waals surface area (Å²) in [6.07, 6.45) is 3.35. The lowest BCUT2D eigenvalue weighted by Gasteiger charge is -2.01. The van der Waals surface area contributed by atoms with Gasteiger partial charge in [-0.25, -0.2) is 14.8 Å². The van der Waals surface area contributed by atoms with Gasteiger partial charge in [0.15, 0.2) is 5.82 Å². The van der Waals surface area contributed by atoms with E-state index in [2.05, 4.69) is 15.0 Å². The number of carboxylic acids is 1. The molecule has 6 nitrogen and oxygen atoms in total. The fourth-order valence-corrected chi connectivity index (χ4v) is 3.40. The van der Waals surface area contributed by atoms with Crippen LogP contribution >= 0.6 is 11.3 Å². The van der Waals surface area contributed by atoms with Crippen molar-refractivity contribution in [3.63, 3.8) is 0 Å². The van der Waals surface area contributed by atoms with E-state index in [9.17, 15) is 4.79 Å². The van der Waals surface area contributed by atoms with E-state index in [4.69, 9.17) is 5.11 Å². The lowest BCUT2D eigenvalue weighted by atomic mass is 10.2. The van der Waals surface area contributed by atoms with Crippen molar-refractivity contribution in [2.24, 2.45) is 7.05 Å². The predicted molar refractivity (Wildman–Crippen MR) is 92.0 cm³/mol. The number of carbonyl (C=O) groups is 1. The van der Waals surface area contributed by atoms with Crippen LogP contribution in [-0.2, 0) is 7.05 Å². The van der Waals surface area contributed by atoms with Crippen molar-refractivity contribution >= 4 is 27.5 Å². The van der Waals surface area contributed by atoms with Crippen LogP contribution in [-0.4, -0.2) is 30.6 Å². The van der Waals surface area contributed by atoms with Crippen molar-refractivity contribution in [3.8, 4) is 22.2 Å². The van der Waals surface area contributed by atoms with E-state index in [0.29, 0.717) is 11.5 Å². The molecule has 0 saturated heterocycles. The summed E-state index contributed by atoms with van der Waals surface area (Å²) in [7, 11) is 1.86. The molecule has 4 rings (SSSR count). The van der Waals surface area contributed by atoms with E-state index in [1.165, 1.54) is 18.3 Å². The van der Waals surface area contributed by atoms with Gasteiger partial charge in [0.2, 0.25) is 0 Å². The van der Waals surface area contributed by atoms with Gasteiger partial charge in [-0.1, -0.05) is 12.1 Å². The molecule has 0 bridgehead atoms. The molecule has 7 heteroatoms. The van der Waals surface area contributed by atoms with Crippen LogP contribution in [0.25, 0.3) is 32.4 Å². The van der Waals surface area contributed by atoms with Crippen molar-refractivity contribution in [2.75, 3.05) is 0 Å². The normalized spacial score (nSPS) is 11.0. The number of thiazole rings is 1. The molecule has 0 spiro atoms. The van der Waals surface area contributed by atoms with Crippen LogP contribution in [0.4, 0.5) is 0 Å². The molecule has 3 aromatic heterocycles. The Balaban J connectivity index is 1.79. The van der Waals surface area contributed by atoms with E-state index in [0.717, 1.165) is 20.9 Å². The Bertz CT molecular complexity index is 1030. The quantitative estimate of drug-likeness (QED) is 0.620. The van der Waals surface area contributed by atoms with Gasteiger partial charge in [-0.3, -0.25) is 4.98 Å². The summed E-state index contributed by atoms with van der Waals surface area (Å²) in [6, 6.07) is 10.9. The molecule has 0 unspecified atom stereocenters. The molecule has 0 aliphatic rings. The summed E-state index contributed by atoms with van der Waals surface area (Å²) in [5.74, 6) is -0.383. The first kappa shape index (κ1) is 14.5. The van der Waals surface area contributed by atoms with Gasteiger partial charge in [0.1, 0.15) is 16.4 Å². The average Bonchev–Trinajstić information content (AvgIpc) is 3.18. The van der Waals surface area contributed by atoms with Crippen molar-refractivity contribution in [3.05, 3.63) is 54.4 Å². The van der Waals surface area contributed by atoms with Crippen molar-refractivity contribution in [1.82, 2.24) is 19.5 Å². The maximum atomic E-state index is 11.1. The van der Waals surface area contributed by atoms with Crippen molar-refractivity contribution in [1.29, 1.82) is 0 Å². The Morgan fingerprint density at radius 1 is 1.17 bits per heavy atom. The number of aromatic carboxylic acids is 1. The monoisotopic (exact) mass is 336 g/mol. The third-order valence-electron chi connectivity index (χ3n) is 3.63. The van der Waals surface area contributed by atoms with E-state index >= 15 is 0 Å². The molecule has 4 aromatic rings. The van der Waals surface area contributed by atoms with Crippen LogP contribution in [0.15, 0.2) is 48.8 Å². The number of pyridine rings is 1. The number of fused-ring (bicyclic) bond motifs is 1. The molecule has 24 heavy (non-hydrogen) atoms. The molecule has 1 N–H and O–H groups in total. The highest BCUT2D eigenvalue weighted by Crippen LogP contribution is 2.30. The molecule has 3 heterocycles. The number of aryl methyl sites for hydroxylation is 1. The zero-order valence-corrected chi connectivity index (χ0v) is 13.5. The third kappa shape index (κ3) is 2.44. The number of imidazole rings is 1. The van der Waals surface area contributed by atoms with Gasteiger partial charge in [0, 0.05) is 19.4 Å². The third-order valence-corrected chi connectivity index (χ3v) is 4.68. The summed E-state index contributed by atoms with van der Waals surface area (Å²) in [5, 5.41) is 9.95. The van der Waals surface area contributed by atoms with Gasteiger partial charge in [0.05, 0.1) is 15.8 Å². The summed E-state index contributed by atoms with van der Waals surface area (Å²) in [6.45, 7) is 0. The lowest BCUT2D eigenvalue weighted by Crippen LogP contribution is -1.99. The minimum atomic E-state index is -0.987. The first-order valence-corrected chi connectivity index (χ1v) is 8.02. The molecule has 0 fully saturated rings. The van der Waals surface area contributed by atoms with Crippen LogP contribution in [0.3, 0.4) is 0 Å². The SMILES string of the molecule is Cn1cc(-c2nc3ccccc3s2)nc1-c1cc(C(=O)O)ccn1.